The second-order valence-corrected chi connectivity index (χ2v) is 6.79. The Labute approximate surface area is 112 Å². The van der Waals surface area contributed by atoms with E-state index in [4.69, 9.17) is 11.6 Å². The Morgan fingerprint density at radius 1 is 1.59 bits per heavy atom. The van der Waals surface area contributed by atoms with Crippen molar-refractivity contribution in [3.8, 4) is 0 Å². The molecule has 0 aromatic carbocycles. The number of halogens is 1. The summed E-state index contributed by atoms with van der Waals surface area (Å²) in [5, 5.41) is 13.0. The van der Waals surface area contributed by atoms with Crippen molar-refractivity contribution in [1.82, 2.24) is 5.32 Å². The molecule has 0 bridgehead atoms. The Balaban J connectivity index is 2.03. The molecule has 1 aromatic heterocycles. The third-order valence-electron chi connectivity index (χ3n) is 3.26. The topological polar surface area (TPSA) is 32.3 Å². The average Bonchev–Trinajstić information content (AvgIpc) is 2.58. The largest absolute Gasteiger partial charge is 0.393 e. The number of thiophene rings is 1. The fourth-order valence-electron chi connectivity index (χ4n) is 2.62. The van der Waals surface area contributed by atoms with Crippen molar-refractivity contribution >= 4 is 22.9 Å². The number of hydrogen-bond acceptors (Lipinski definition) is 3. The Morgan fingerprint density at radius 2 is 2.35 bits per heavy atom. The van der Waals surface area contributed by atoms with Crippen molar-refractivity contribution < 1.29 is 5.11 Å². The highest BCUT2D eigenvalue weighted by Crippen LogP contribution is 2.38. The van der Waals surface area contributed by atoms with Crippen molar-refractivity contribution in [2.75, 3.05) is 0 Å². The Kier molecular flexibility index (Phi) is 4.47. The van der Waals surface area contributed by atoms with Crippen LogP contribution >= 0.6 is 22.9 Å². The molecule has 2 rings (SSSR count). The van der Waals surface area contributed by atoms with Crippen LogP contribution in [0.2, 0.25) is 4.34 Å². The second kappa shape index (κ2) is 5.70. The van der Waals surface area contributed by atoms with E-state index < -0.39 is 0 Å². The first kappa shape index (κ1) is 13.3. The zero-order chi connectivity index (χ0) is 12.4. The lowest BCUT2D eigenvalue weighted by atomic mass is 9.93. The van der Waals surface area contributed by atoms with Gasteiger partial charge >= 0.3 is 0 Å². The number of hydrogen-bond donors (Lipinski definition) is 2. The van der Waals surface area contributed by atoms with Crippen LogP contribution < -0.4 is 5.32 Å². The molecule has 2 nitrogen and oxygen atoms in total. The van der Waals surface area contributed by atoms with Gasteiger partial charge in [-0.1, -0.05) is 11.6 Å². The minimum absolute atomic E-state index is 0.244. The fourth-order valence-corrected chi connectivity index (χ4v) is 4.00. The SMILES string of the molecule is CC(O)CC(C)NC1CCCc2sc(Cl)cc21. The highest BCUT2D eigenvalue weighted by molar-refractivity contribution is 7.16. The van der Waals surface area contributed by atoms with Crippen molar-refractivity contribution in [1.29, 1.82) is 0 Å². The molecule has 2 N–H and O–H groups in total. The summed E-state index contributed by atoms with van der Waals surface area (Å²) in [5.41, 5.74) is 1.38. The number of aryl methyl sites for hydroxylation is 1. The van der Waals surface area contributed by atoms with Crippen molar-refractivity contribution in [2.45, 2.75) is 57.7 Å². The minimum Gasteiger partial charge on any atom is -0.393 e. The van der Waals surface area contributed by atoms with E-state index in [0.29, 0.717) is 12.1 Å². The maximum absolute atomic E-state index is 9.39. The van der Waals surface area contributed by atoms with Crippen LogP contribution in [0.5, 0.6) is 0 Å². The lowest BCUT2D eigenvalue weighted by molar-refractivity contribution is 0.167. The molecule has 0 saturated heterocycles. The molecule has 3 unspecified atom stereocenters. The van der Waals surface area contributed by atoms with Crippen molar-refractivity contribution in [3.63, 3.8) is 0 Å². The molecule has 0 spiro atoms. The Bertz CT molecular complexity index is 377. The highest BCUT2D eigenvalue weighted by Gasteiger charge is 2.23. The summed E-state index contributed by atoms with van der Waals surface area (Å²) in [6, 6.07) is 2.86. The van der Waals surface area contributed by atoms with E-state index in [0.717, 1.165) is 17.2 Å². The molecule has 1 heterocycles. The summed E-state index contributed by atoms with van der Waals surface area (Å²) in [5.74, 6) is 0. The van der Waals surface area contributed by atoms with Gasteiger partial charge in [0.15, 0.2) is 0 Å². The molecule has 1 aliphatic carbocycles. The van der Waals surface area contributed by atoms with Gasteiger partial charge in [-0.25, -0.2) is 0 Å². The summed E-state index contributed by atoms with van der Waals surface area (Å²) >= 11 is 7.80. The van der Waals surface area contributed by atoms with Crippen LogP contribution in [0.25, 0.3) is 0 Å². The summed E-state index contributed by atoms with van der Waals surface area (Å²) in [4.78, 5) is 1.43. The molecule has 4 heteroatoms. The van der Waals surface area contributed by atoms with Gasteiger partial charge in [0.05, 0.1) is 10.4 Å². The monoisotopic (exact) mass is 273 g/mol. The molecule has 17 heavy (non-hydrogen) atoms. The molecule has 0 saturated carbocycles. The van der Waals surface area contributed by atoms with Gasteiger partial charge in [-0.2, -0.15) is 0 Å². The van der Waals surface area contributed by atoms with E-state index >= 15 is 0 Å². The molecule has 0 amide bonds. The number of nitrogens with one attached hydrogen (secondary N) is 1. The van der Waals surface area contributed by atoms with E-state index in [1.807, 2.05) is 6.92 Å². The fraction of sp³-hybridized carbons (Fsp3) is 0.692. The van der Waals surface area contributed by atoms with E-state index in [2.05, 4.69) is 18.3 Å². The van der Waals surface area contributed by atoms with E-state index in [9.17, 15) is 5.11 Å². The van der Waals surface area contributed by atoms with Gasteiger partial charge in [-0.3, -0.25) is 0 Å². The highest BCUT2D eigenvalue weighted by atomic mass is 35.5. The lowest BCUT2D eigenvalue weighted by Crippen LogP contribution is -2.34. The maximum atomic E-state index is 9.39. The minimum atomic E-state index is -0.244. The van der Waals surface area contributed by atoms with Crippen LogP contribution in [0, 0.1) is 0 Å². The predicted molar refractivity (Wildman–Crippen MR) is 73.9 cm³/mol. The van der Waals surface area contributed by atoms with Gasteiger partial charge in [-0.15, -0.1) is 11.3 Å². The van der Waals surface area contributed by atoms with Crippen molar-refractivity contribution in [2.24, 2.45) is 0 Å². The van der Waals surface area contributed by atoms with Gasteiger partial charge < -0.3 is 10.4 Å². The summed E-state index contributed by atoms with van der Waals surface area (Å²) in [6.45, 7) is 3.97. The van der Waals surface area contributed by atoms with Crippen LogP contribution in [-0.4, -0.2) is 17.3 Å². The van der Waals surface area contributed by atoms with Crippen LogP contribution in [0.4, 0.5) is 0 Å². The van der Waals surface area contributed by atoms with Crippen LogP contribution in [0.3, 0.4) is 0 Å². The quantitative estimate of drug-likeness (QED) is 0.880. The van der Waals surface area contributed by atoms with Gasteiger partial charge in [-0.05, 0) is 51.2 Å². The number of rotatable bonds is 4. The first-order valence-corrected chi connectivity index (χ1v) is 7.48. The van der Waals surface area contributed by atoms with Gasteiger partial charge in [0.2, 0.25) is 0 Å². The molecule has 3 atom stereocenters. The van der Waals surface area contributed by atoms with Gasteiger partial charge in [0, 0.05) is 17.0 Å². The maximum Gasteiger partial charge on any atom is 0.0934 e. The lowest BCUT2D eigenvalue weighted by Gasteiger charge is -2.27. The summed E-state index contributed by atoms with van der Waals surface area (Å²) in [6.07, 6.45) is 4.11. The van der Waals surface area contributed by atoms with Crippen LogP contribution in [-0.2, 0) is 6.42 Å². The third kappa shape index (κ3) is 3.44. The molecular formula is C13H20ClNOS. The molecule has 0 fully saturated rings. The van der Waals surface area contributed by atoms with Gasteiger partial charge in [0.1, 0.15) is 0 Å². The molecule has 0 aliphatic heterocycles. The number of aliphatic hydroxyl groups excluding tert-OH is 1. The number of aliphatic hydroxyl groups is 1. The predicted octanol–water partition coefficient (Wildman–Crippen LogP) is 3.53. The average molecular weight is 274 g/mol. The summed E-state index contributed by atoms with van der Waals surface area (Å²) in [7, 11) is 0. The Morgan fingerprint density at radius 3 is 3.06 bits per heavy atom. The van der Waals surface area contributed by atoms with Gasteiger partial charge in [0.25, 0.3) is 0 Å². The molecule has 0 radical (unpaired) electrons. The smallest absolute Gasteiger partial charge is 0.0934 e. The zero-order valence-electron chi connectivity index (χ0n) is 10.4. The molecule has 1 aliphatic rings. The zero-order valence-corrected chi connectivity index (χ0v) is 11.9. The standard InChI is InChI=1S/C13H20ClNOS/c1-8(6-9(2)16)15-11-4-3-5-12-10(11)7-13(14)17-12/h7-9,11,15-16H,3-6H2,1-2H3. The third-order valence-corrected chi connectivity index (χ3v) is 4.60. The van der Waals surface area contributed by atoms with E-state index in [-0.39, 0.29) is 6.10 Å². The van der Waals surface area contributed by atoms with Crippen LogP contribution in [0.1, 0.15) is 49.6 Å². The molecule has 96 valence electrons. The van der Waals surface area contributed by atoms with E-state index in [1.165, 1.54) is 23.3 Å². The number of fused-ring (bicyclic) bond motifs is 1. The Hall–Kier alpha value is -0.0900. The first-order chi connectivity index (χ1) is 8.06. The molecular weight excluding hydrogens is 254 g/mol. The second-order valence-electron chi connectivity index (χ2n) is 5.03. The first-order valence-electron chi connectivity index (χ1n) is 6.28. The van der Waals surface area contributed by atoms with E-state index in [1.54, 1.807) is 11.3 Å². The van der Waals surface area contributed by atoms with Crippen LogP contribution in [0.15, 0.2) is 6.07 Å². The normalized spacial score (nSPS) is 23.2. The van der Waals surface area contributed by atoms with Crippen molar-refractivity contribution in [3.05, 3.63) is 20.8 Å². The summed E-state index contributed by atoms with van der Waals surface area (Å²) < 4.78 is 0.895. The molecule has 1 aromatic rings.